The van der Waals surface area contributed by atoms with Gasteiger partial charge in [0.2, 0.25) is 0 Å². The Morgan fingerprint density at radius 1 is 1.15 bits per heavy atom. The van der Waals surface area contributed by atoms with Crippen LogP contribution in [0, 0.1) is 0 Å². The Morgan fingerprint density at radius 2 is 2.00 bits per heavy atom. The molecule has 4 rings (SSSR count). The number of pyridine rings is 1. The molecule has 0 radical (unpaired) electrons. The van der Waals surface area contributed by atoms with Crippen molar-refractivity contribution in [1.29, 1.82) is 0 Å². The number of sulfone groups is 1. The van der Waals surface area contributed by atoms with Crippen molar-refractivity contribution in [3.8, 4) is 11.3 Å². The van der Waals surface area contributed by atoms with Gasteiger partial charge in [-0.25, -0.2) is 13.4 Å². The molecule has 0 atom stereocenters. The summed E-state index contributed by atoms with van der Waals surface area (Å²) in [4.78, 5) is 4.74. The summed E-state index contributed by atoms with van der Waals surface area (Å²) in [7, 11) is -1.22. The van der Waals surface area contributed by atoms with Gasteiger partial charge in [0.05, 0.1) is 10.4 Å². The lowest BCUT2D eigenvalue weighted by molar-refractivity contribution is 0.602. The Labute approximate surface area is 155 Å². The second kappa shape index (κ2) is 6.26. The van der Waals surface area contributed by atoms with Crippen LogP contribution in [-0.2, 0) is 16.9 Å². The smallest absolute Gasteiger partial charge is 0.175 e. The van der Waals surface area contributed by atoms with E-state index in [1.165, 1.54) is 11.8 Å². The maximum atomic E-state index is 11.8. The summed E-state index contributed by atoms with van der Waals surface area (Å²) in [5.74, 6) is 0.699. The van der Waals surface area contributed by atoms with E-state index in [-0.39, 0.29) is 4.90 Å². The van der Waals surface area contributed by atoms with Gasteiger partial charge in [0.25, 0.3) is 0 Å². The van der Waals surface area contributed by atoms with Gasteiger partial charge >= 0.3 is 0 Å². The topological polar surface area (TPSA) is 64.0 Å². The van der Waals surface area contributed by atoms with Gasteiger partial charge in [-0.2, -0.15) is 11.3 Å². The summed E-state index contributed by atoms with van der Waals surface area (Å²) in [6.45, 7) is 0. The predicted octanol–water partition coefficient (Wildman–Crippen LogP) is 4.45. The van der Waals surface area contributed by atoms with E-state index in [9.17, 15) is 8.42 Å². The predicted molar refractivity (Wildman–Crippen MR) is 107 cm³/mol. The first-order chi connectivity index (χ1) is 12.4. The van der Waals surface area contributed by atoms with Crippen LogP contribution in [0.1, 0.15) is 0 Å². The van der Waals surface area contributed by atoms with Crippen LogP contribution in [0.15, 0.2) is 64.3 Å². The van der Waals surface area contributed by atoms with E-state index in [4.69, 9.17) is 0 Å². The van der Waals surface area contributed by atoms with E-state index in [0.29, 0.717) is 11.5 Å². The molecule has 0 bridgehead atoms. The van der Waals surface area contributed by atoms with Crippen LogP contribution in [-0.4, -0.2) is 24.2 Å². The largest absolute Gasteiger partial charge is 0.343 e. The zero-order valence-electron chi connectivity index (χ0n) is 14.3. The molecule has 0 saturated heterocycles. The van der Waals surface area contributed by atoms with Crippen molar-refractivity contribution in [2.24, 2.45) is 7.05 Å². The molecule has 0 spiro atoms. The van der Waals surface area contributed by atoms with Gasteiger partial charge in [0.15, 0.2) is 9.84 Å². The van der Waals surface area contributed by atoms with Crippen LogP contribution in [0.3, 0.4) is 0 Å². The average molecular weight is 383 g/mol. The molecule has 0 aliphatic heterocycles. The summed E-state index contributed by atoms with van der Waals surface area (Å²) in [5, 5.41) is 8.42. The van der Waals surface area contributed by atoms with Crippen LogP contribution in [0.2, 0.25) is 0 Å². The van der Waals surface area contributed by atoms with E-state index < -0.39 is 9.84 Å². The van der Waals surface area contributed by atoms with Gasteiger partial charge in [0.1, 0.15) is 5.82 Å². The third kappa shape index (κ3) is 3.00. The molecule has 0 aliphatic carbocycles. The average Bonchev–Trinajstić information content (AvgIpc) is 3.23. The molecule has 7 heteroatoms. The molecular formula is C19H17N3O2S2. The Bertz CT molecular complexity index is 1190. The maximum absolute atomic E-state index is 11.8. The minimum Gasteiger partial charge on any atom is -0.343 e. The third-order valence-electron chi connectivity index (χ3n) is 4.31. The molecule has 1 N–H and O–H groups in total. The second-order valence-corrected chi connectivity index (χ2v) is 8.91. The van der Waals surface area contributed by atoms with E-state index in [1.54, 1.807) is 35.7 Å². The molecule has 0 saturated carbocycles. The maximum Gasteiger partial charge on any atom is 0.175 e. The third-order valence-corrected chi connectivity index (χ3v) is 6.11. The Balaban J connectivity index is 1.80. The molecular weight excluding hydrogens is 366 g/mol. The highest BCUT2D eigenvalue weighted by Crippen LogP contribution is 2.32. The molecule has 3 heterocycles. The van der Waals surface area contributed by atoms with E-state index >= 15 is 0 Å². The Morgan fingerprint density at radius 3 is 2.73 bits per heavy atom. The first kappa shape index (κ1) is 16.8. The van der Waals surface area contributed by atoms with Crippen LogP contribution in [0.25, 0.3) is 22.2 Å². The standard InChI is InChI=1S/C19H17N3O2S2/c1-22-17-6-8-20-19(16(17)11-18(22)13-7-9-25-12-13)21-14-4-3-5-15(10-14)26(2,23)24/h3-12H,1-2H3,(H,20,21). The number of nitrogens with one attached hydrogen (secondary N) is 1. The van der Waals surface area contributed by atoms with Crippen LogP contribution >= 0.6 is 11.3 Å². The van der Waals surface area contributed by atoms with Crippen molar-refractivity contribution >= 4 is 43.6 Å². The minimum atomic E-state index is -3.26. The van der Waals surface area contributed by atoms with E-state index in [2.05, 4.69) is 37.8 Å². The molecule has 26 heavy (non-hydrogen) atoms. The van der Waals surface area contributed by atoms with Crippen molar-refractivity contribution in [2.45, 2.75) is 4.90 Å². The van der Waals surface area contributed by atoms with Gasteiger partial charge in [-0.05, 0) is 41.8 Å². The lowest BCUT2D eigenvalue weighted by Gasteiger charge is -2.08. The SMILES string of the molecule is Cn1c(-c2ccsc2)cc2c(Nc3cccc(S(C)(=O)=O)c3)nccc21. The molecule has 3 aromatic heterocycles. The molecule has 0 fully saturated rings. The number of fused-ring (bicyclic) bond motifs is 1. The van der Waals surface area contributed by atoms with Gasteiger partial charge < -0.3 is 9.88 Å². The van der Waals surface area contributed by atoms with Gasteiger partial charge in [-0.15, -0.1) is 0 Å². The van der Waals surface area contributed by atoms with Gasteiger partial charge in [-0.3, -0.25) is 0 Å². The van der Waals surface area contributed by atoms with Crippen LogP contribution < -0.4 is 5.32 Å². The summed E-state index contributed by atoms with van der Waals surface area (Å²) < 4.78 is 25.7. The fraction of sp³-hybridized carbons (Fsp3) is 0.105. The van der Waals surface area contributed by atoms with Crippen LogP contribution in [0.5, 0.6) is 0 Å². The highest BCUT2D eigenvalue weighted by atomic mass is 32.2. The zero-order valence-corrected chi connectivity index (χ0v) is 15.9. The van der Waals surface area contributed by atoms with E-state index in [0.717, 1.165) is 16.6 Å². The van der Waals surface area contributed by atoms with Gasteiger partial charge in [0, 0.05) is 47.2 Å². The summed E-state index contributed by atoms with van der Waals surface area (Å²) in [5.41, 5.74) is 4.03. The lowest BCUT2D eigenvalue weighted by Crippen LogP contribution is -1.99. The number of hydrogen-bond donors (Lipinski definition) is 1. The lowest BCUT2D eigenvalue weighted by atomic mass is 10.2. The van der Waals surface area contributed by atoms with E-state index in [1.807, 2.05) is 19.2 Å². The second-order valence-electron chi connectivity index (χ2n) is 6.12. The number of hydrogen-bond acceptors (Lipinski definition) is 5. The molecule has 1 aromatic carbocycles. The van der Waals surface area contributed by atoms with Gasteiger partial charge in [-0.1, -0.05) is 6.07 Å². The number of rotatable bonds is 4. The first-order valence-electron chi connectivity index (χ1n) is 7.97. The van der Waals surface area contributed by atoms with Crippen molar-refractivity contribution < 1.29 is 8.42 Å². The van der Waals surface area contributed by atoms with Crippen molar-refractivity contribution in [3.63, 3.8) is 0 Å². The number of aromatic nitrogens is 2. The highest BCUT2D eigenvalue weighted by molar-refractivity contribution is 7.90. The summed E-state index contributed by atoms with van der Waals surface area (Å²) in [6, 6.07) is 12.9. The number of aryl methyl sites for hydroxylation is 1. The number of nitrogens with zero attached hydrogens (tertiary/aromatic N) is 2. The fourth-order valence-corrected chi connectivity index (χ4v) is 4.31. The number of anilines is 2. The molecule has 132 valence electrons. The van der Waals surface area contributed by atoms with Crippen molar-refractivity contribution in [2.75, 3.05) is 11.6 Å². The Hall–Kier alpha value is -2.64. The fourth-order valence-electron chi connectivity index (χ4n) is 2.99. The first-order valence-corrected chi connectivity index (χ1v) is 10.8. The highest BCUT2D eigenvalue weighted by Gasteiger charge is 2.13. The van der Waals surface area contributed by atoms with Crippen LogP contribution in [0.4, 0.5) is 11.5 Å². The summed E-state index contributed by atoms with van der Waals surface area (Å²) in [6.07, 6.45) is 2.96. The molecule has 0 aliphatic rings. The Kier molecular flexibility index (Phi) is 4.05. The van der Waals surface area contributed by atoms with Crippen molar-refractivity contribution in [1.82, 2.24) is 9.55 Å². The van der Waals surface area contributed by atoms with Crippen molar-refractivity contribution in [3.05, 3.63) is 59.4 Å². The number of thiophene rings is 1. The zero-order chi connectivity index (χ0) is 18.3. The molecule has 4 aromatic rings. The monoisotopic (exact) mass is 383 g/mol. The minimum absolute atomic E-state index is 0.279. The summed E-state index contributed by atoms with van der Waals surface area (Å²) >= 11 is 1.66. The molecule has 0 unspecified atom stereocenters. The molecule has 0 amide bonds. The quantitative estimate of drug-likeness (QED) is 0.565. The number of benzene rings is 1. The normalized spacial score (nSPS) is 11.8. The molecule has 5 nitrogen and oxygen atoms in total.